The van der Waals surface area contributed by atoms with Crippen LogP contribution in [0, 0.1) is 0 Å². The minimum absolute atomic E-state index is 0.0315. The van der Waals surface area contributed by atoms with E-state index < -0.39 is 0 Å². The number of likely N-dealkylation sites (tertiary alicyclic amines) is 1. The molecule has 2 atom stereocenters. The third-order valence-electron chi connectivity index (χ3n) is 8.54. The fourth-order valence-electron chi connectivity index (χ4n) is 6.34. The predicted octanol–water partition coefficient (Wildman–Crippen LogP) is 6.11. The van der Waals surface area contributed by atoms with Crippen molar-refractivity contribution >= 4 is 22.9 Å². The van der Waals surface area contributed by atoms with Crippen LogP contribution in [0.25, 0.3) is 11.0 Å². The summed E-state index contributed by atoms with van der Waals surface area (Å²) in [7, 11) is 1.94. The highest BCUT2D eigenvalue weighted by atomic mass is 16.2. The molecule has 8 heteroatoms. The van der Waals surface area contributed by atoms with Gasteiger partial charge in [0.1, 0.15) is 0 Å². The van der Waals surface area contributed by atoms with Crippen molar-refractivity contribution in [1.82, 2.24) is 29.7 Å². The van der Waals surface area contributed by atoms with E-state index in [9.17, 15) is 4.79 Å². The highest BCUT2D eigenvalue weighted by Gasteiger charge is 2.36. The summed E-state index contributed by atoms with van der Waals surface area (Å²) in [6, 6.07) is 28.2. The van der Waals surface area contributed by atoms with Crippen LogP contribution in [-0.4, -0.2) is 68.0 Å². The van der Waals surface area contributed by atoms with Gasteiger partial charge in [0.2, 0.25) is 5.95 Å². The third kappa shape index (κ3) is 6.44. The van der Waals surface area contributed by atoms with Crippen LogP contribution in [0.2, 0.25) is 0 Å². The van der Waals surface area contributed by atoms with Crippen molar-refractivity contribution in [3.05, 3.63) is 120 Å². The maximum atomic E-state index is 13.7. The zero-order valence-corrected chi connectivity index (χ0v) is 24.9. The van der Waals surface area contributed by atoms with E-state index in [1.54, 1.807) is 0 Å². The standard InChI is InChI=1S/C35H39N7O/c1-3-29(30-16-8-10-21-37-30)33(41(2)34(43)25-12-5-4-6-13-25)42-22-18-27(19-23-42)38-35-39-31-17-11-14-26(32(31)40-35)24-28-15-7-9-20-36-28/h4-17,20-21,27,29,33H,3,18-19,22-24H2,1-2H3,(H2,38,39,40). The van der Waals surface area contributed by atoms with Crippen LogP contribution < -0.4 is 5.32 Å². The average Bonchev–Trinajstić information content (AvgIpc) is 3.48. The molecule has 6 rings (SSSR count). The lowest BCUT2D eigenvalue weighted by atomic mass is 9.93. The maximum Gasteiger partial charge on any atom is 0.254 e. The number of aromatic amines is 1. The number of benzene rings is 2. The summed E-state index contributed by atoms with van der Waals surface area (Å²) in [6.45, 7) is 3.91. The number of nitrogens with one attached hydrogen (secondary N) is 2. The van der Waals surface area contributed by atoms with Crippen LogP contribution in [0.3, 0.4) is 0 Å². The van der Waals surface area contributed by atoms with E-state index in [-0.39, 0.29) is 24.0 Å². The van der Waals surface area contributed by atoms with Crippen molar-refractivity contribution < 1.29 is 4.79 Å². The van der Waals surface area contributed by atoms with Crippen LogP contribution >= 0.6 is 0 Å². The number of hydrogen-bond donors (Lipinski definition) is 2. The van der Waals surface area contributed by atoms with Crippen molar-refractivity contribution in [2.75, 3.05) is 25.5 Å². The molecule has 0 radical (unpaired) electrons. The Hall–Kier alpha value is -4.56. The van der Waals surface area contributed by atoms with Gasteiger partial charge in [0.05, 0.1) is 17.2 Å². The van der Waals surface area contributed by atoms with E-state index in [4.69, 9.17) is 9.97 Å². The Morgan fingerprint density at radius 3 is 2.40 bits per heavy atom. The smallest absolute Gasteiger partial charge is 0.254 e. The van der Waals surface area contributed by atoms with E-state index in [0.29, 0.717) is 5.56 Å². The number of nitrogens with zero attached hydrogens (tertiary/aromatic N) is 5. The maximum absolute atomic E-state index is 13.7. The summed E-state index contributed by atoms with van der Waals surface area (Å²) in [5, 5.41) is 3.67. The van der Waals surface area contributed by atoms with E-state index in [0.717, 1.165) is 72.7 Å². The molecule has 8 nitrogen and oxygen atoms in total. The molecule has 2 N–H and O–H groups in total. The lowest BCUT2D eigenvalue weighted by Gasteiger charge is -2.45. The second-order valence-corrected chi connectivity index (χ2v) is 11.3. The molecule has 4 heterocycles. The highest BCUT2D eigenvalue weighted by Crippen LogP contribution is 2.31. The number of amides is 1. The molecule has 1 aliphatic heterocycles. The SMILES string of the molecule is CCC(c1ccccn1)C(N1CCC(Nc2nc3c(Cc4ccccn4)cccc3[nH]2)CC1)N(C)C(=O)c1ccccc1. The molecule has 220 valence electrons. The molecular formula is C35H39N7O. The predicted molar refractivity (Wildman–Crippen MR) is 171 cm³/mol. The van der Waals surface area contributed by atoms with Gasteiger partial charge in [-0.3, -0.25) is 19.7 Å². The van der Waals surface area contributed by atoms with Gasteiger partial charge in [0.25, 0.3) is 5.91 Å². The first-order valence-electron chi connectivity index (χ1n) is 15.2. The summed E-state index contributed by atoms with van der Waals surface area (Å²) >= 11 is 0. The van der Waals surface area contributed by atoms with E-state index in [2.05, 4.69) is 51.4 Å². The zero-order chi connectivity index (χ0) is 29.6. The van der Waals surface area contributed by atoms with Gasteiger partial charge in [-0.1, -0.05) is 49.4 Å². The Morgan fingerprint density at radius 2 is 1.70 bits per heavy atom. The van der Waals surface area contributed by atoms with Crippen LogP contribution in [0.15, 0.2) is 97.3 Å². The molecule has 0 saturated carbocycles. The highest BCUT2D eigenvalue weighted by molar-refractivity contribution is 5.94. The number of imidazole rings is 1. The number of rotatable bonds is 10. The van der Waals surface area contributed by atoms with Crippen molar-refractivity contribution in [3.63, 3.8) is 0 Å². The van der Waals surface area contributed by atoms with Crippen molar-refractivity contribution in [2.45, 2.75) is 50.7 Å². The molecule has 0 aliphatic carbocycles. The van der Waals surface area contributed by atoms with Gasteiger partial charge >= 0.3 is 0 Å². The molecule has 0 bridgehead atoms. The summed E-state index contributed by atoms with van der Waals surface area (Å²) in [5.41, 5.74) is 5.91. The van der Waals surface area contributed by atoms with E-state index in [1.807, 2.05) is 85.0 Å². The molecule has 1 saturated heterocycles. The monoisotopic (exact) mass is 573 g/mol. The second kappa shape index (κ2) is 13.2. The van der Waals surface area contributed by atoms with Crippen LogP contribution in [0.4, 0.5) is 5.95 Å². The first kappa shape index (κ1) is 28.6. The van der Waals surface area contributed by atoms with Crippen LogP contribution in [-0.2, 0) is 6.42 Å². The number of anilines is 1. The summed E-state index contributed by atoms with van der Waals surface area (Å²) in [5.74, 6) is 0.926. The van der Waals surface area contributed by atoms with Gasteiger partial charge in [-0.05, 0) is 67.3 Å². The topological polar surface area (TPSA) is 90.0 Å². The number of carbonyl (C=O) groups excluding carboxylic acids is 1. The number of carbonyl (C=O) groups is 1. The Kier molecular flexibility index (Phi) is 8.75. The first-order valence-corrected chi connectivity index (χ1v) is 15.2. The Morgan fingerprint density at radius 1 is 0.953 bits per heavy atom. The second-order valence-electron chi connectivity index (χ2n) is 11.3. The molecule has 2 unspecified atom stereocenters. The minimum atomic E-state index is -0.103. The molecule has 1 amide bonds. The quantitative estimate of drug-likeness (QED) is 0.210. The molecule has 1 fully saturated rings. The summed E-state index contributed by atoms with van der Waals surface area (Å²) in [4.78, 5) is 35.7. The number of aromatic nitrogens is 4. The number of piperidine rings is 1. The molecule has 0 spiro atoms. The van der Waals surface area contributed by atoms with Gasteiger partial charge in [-0.15, -0.1) is 0 Å². The summed E-state index contributed by atoms with van der Waals surface area (Å²) in [6.07, 6.45) is 7.09. The summed E-state index contributed by atoms with van der Waals surface area (Å²) < 4.78 is 0. The van der Waals surface area contributed by atoms with E-state index >= 15 is 0 Å². The molecule has 43 heavy (non-hydrogen) atoms. The number of para-hydroxylation sites is 1. The average molecular weight is 574 g/mol. The fourth-order valence-corrected chi connectivity index (χ4v) is 6.34. The third-order valence-corrected chi connectivity index (χ3v) is 8.54. The minimum Gasteiger partial charge on any atom is -0.353 e. The van der Waals surface area contributed by atoms with Crippen molar-refractivity contribution in [2.24, 2.45) is 0 Å². The molecule has 3 aromatic heterocycles. The molecule has 1 aliphatic rings. The fraction of sp³-hybridized carbons (Fsp3) is 0.314. The van der Waals surface area contributed by atoms with Gasteiger partial charge in [-0.2, -0.15) is 0 Å². The van der Waals surface area contributed by atoms with Crippen LogP contribution in [0.5, 0.6) is 0 Å². The molecular weight excluding hydrogens is 534 g/mol. The van der Waals surface area contributed by atoms with Gasteiger partial charge in [-0.25, -0.2) is 4.98 Å². The Labute approximate surface area is 253 Å². The van der Waals surface area contributed by atoms with Crippen LogP contribution in [0.1, 0.15) is 59.4 Å². The van der Waals surface area contributed by atoms with Gasteiger partial charge < -0.3 is 15.2 Å². The van der Waals surface area contributed by atoms with Gasteiger partial charge in [0.15, 0.2) is 0 Å². The van der Waals surface area contributed by atoms with E-state index in [1.165, 1.54) is 0 Å². The number of fused-ring (bicyclic) bond motifs is 1. The normalized spacial score (nSPS) is 15.7. The number of likely N-dealkylation sites (N-methyl/N-ethyl adjacent to an activating group) is 1. The Bertz CT molecular complexity index is 1620. The zero-order valence-electron chi connectivity index (χ0n) is 24.9. The lowest BCUT2D eigenvalue weighted by molar-refractivity contribution is 0.0195. The van der Waals surface area contributed by atoms with Gasteiger partial charge in [0, 0.05) is 67.9 Å². The Balaban J connectivity index is 1.17. The largest absolute Gasteiger partial charge is 0.353 e. The first-order chi connectivity index (χ1) is 21.1. The number of H-pyrrole nitrogens is 1. The van der Waals surface area contributed by atoms with Crippen molar-refractivity contribution in [3.8, 4) is 0 Å². The lowest BCUT2D eigenvalue weighted by Crippen LogP contribution is -2.55. The molecule has 2 aromatic carbocycles. The molecule has 5 aromatic rings. The van der Waals surface area contributed by atoms with Crippen molar-refractivity contribution in [1.29, 1.82) is 0 Å². The number of pyridine rings is 2. The number of hydrogen-bond acceptors (Lipinski definition) is 6.